The van der Waals surface area contributed by atoms with Crippen LogP contribution in [-0.4, -0.2) is 50.3 Å². The average Bonchev–Trinajstić information content (AvgIpc) is 3.34. The second kappa shape index (κ2) is 11.3. The highest BCUT2D eigenvalue weighted by atomic mass is 32.1. The summed E-state index contributed by atoms with van der Waals surface area (Å²) >= 11 is 1.32. The summed E-state index contributed by atoms with van der Waals surface area (Å²) in [7, 11) is 1.51. The maximum absolute atomic E-state index is 15.0. The van der Waals surface area contributed by atoms with E-state index in [2.05, 4.69) is 30.2 Å². The van der Waals surface area contributed by atoms with Crippen LogP contribution >= 0.6 is 11.3 Å². The first-order valence-electron chi connectivity index (χ1n) is 12.4. The third kappa shape index (κ3) is 6.15. The van der Waals surface area contributed by atoms with Crippen LogP contribution in [0.4, 0.5) is 28.0 Å². The maximum Gasteiger partial charge on any atom is 0.451 e. The molecule has 2 aromatic carbocycles. The minimum atomic E-state index is -4.71. The molecule has 0 bridgehead atoms. The lowest BCUT2D eigenvalue weighted by Gasteiger charge is -2.22. The number of ether oxygens (including phenoxy) is 3. The molecule has 0 saturated heterocycles. The zero-order valence-corrected chi connectivity index (χ0v) is 23.3. The van der Waals surface area contributed by atoms with Crippen molar-refractivity contribution >= 4 is 44.4 Å². The van der Waals surface area contributed by atoms with E-state index in [1.165, 1.54) is 43.7 Å². The summed E-state index contributed by atoms with van der Waals surface area (Å²) in [6.07, 6.45) is -4.24. The van der Waals surface area contributed by atoms with Gasteiger partial charge in [-0.3, -0.25) is 5.32 Å². The summed E-state index contributed by atoms with van der Waals surface area (Å²) in [4.78, 5) is 32.1. The summed E-state index contributed by atoms with van der Waals surface area (Å²) in [5, 5.41) is 2.85. The van der Waals surface area contributed by atoms with Gasteiger partial charge in [0.25, 0.3) is 0 Å². The molecule has 0 saturated carbocycles. The van der Waals surface area contributed by atoms with Gasteiger partial charge in [0.15, 0.2) is 11.6 Å². The molecule has 0 radical (unpaired) electrons. The van der Waals surface area contributed by atoms with Crippen molar-refractivity contribution in [2.24, 2.45) is 0 Å². The lowest BCUT2D eigenvalue weighted by molar-refractivity contribution is -0.144. The van der Waals surface area contributed by atoms with E-state index in [-0.39, 0.29) is 11.4 Å². The Morgan fingerprint density at radius 1 is 0.976 bits per heavy atom. The number of halogens is 4. The lowest BCUT2D eigenvalue weighted by atomic mass is 10.1. The number of thiazole rings is 1. The fraction of sp³-hybridized carbons (Fsp3) is 0.259. The molecule has 0 aliphatic carbocycles. The molecule has 3 heterocycles. The van der Waals surface area contributed by atoms with Gasteiger partial charge in [0, 0.05) is 17.7 Å². The number of amides is 1. The third-order valence-corrected chi connectivity index (χ3v) is 7.12. The first-order chi connectivity index (χ1) is 19.9. The van der Waals surface area contributed by atoms with Crippen LogP contribution in [0.15, 0.2) is 42.9 Å². The number of carbonyl (C=O) groups excluding carboxylic acids is 1. The minimum Gasteiger partial charge on any atom is -0.484 e. The van der Waals surface area contributed by atoms with Crippen molar-refractivity contribution in [3.05, 3.63) is 60.1 Å². The summed E-state index contributed by atoms with van der Waals surface area (Å²) in [5.74, 6) is -1.70. The normalized spacial score (nSPS) is 13.1. The highest BCUT2D eigenvalue weighted by molar-refractivity contribution is 7.21. The molecule has 42 heavy (non-hydrogen) atoms. The molecule has 5 rings (SSSR count). The number of nitrogens with one attached hydrogen (secondary N) is 1. The van der Waals surface area contributed by atoms with Gasteiger partial charge in [-0.25, -0.2) is 34.1 Å². The molecule has 10 nitrogen and oxygen atoms in total. The summed E-state index contributed by atoms with van der Waals surface area (Å²) in [6, 6.07) is 6.59. The molecule has 2 atom stereocenters. The van der Waals surface area contributed by atoms with Gasteiger partial charge in [-0.05, 0) is 38.5 Å². The molecule has 15 heteroatoms. The lowest BCUT2D eigenvalue weighted by Crippen LogP contribution is -2.32. The van der Waals surface area contributed by atoms with Crippen LogP contribution in [0.3, 0.4) is 0 Å². The molecule has 5 aromatic rings. The monoisotopic (exact) mass is 602 g/mol. The Morgan fingerprint density at radius 3 is 2.40 bits per heavy atom. The highest BCUT2D eigenvalue weighted by Gasteiger charge is 2.34. The quantitative estimate of drug-likeness (QED) is 0.206. The van der Waals surface area contributed by atoms with E-state index in [1.807, 2.05) is 19.1 Å². The van der Waals surface area contributed by atoms with Crippen molar-refractivity contribution < 1.29 is 36.6 Å². The van der Waals surface area contributed by atoms with E-state index in [0.29, 0.717) is 32.1 Å². The Morgan fingerprint density at radius 2 is 1.71 bits per heavy atom. The largest absolute Gasteiger partial charge is 0.484 e. The van der Waals surface area contributed by atoms with E-state index < -0.39 is 36.1 Å². The van der Waals surface area contributed by atoms with E-state index >= 15 is 4.39 Å². The molecule has 3 aromatic heterocycles. The number of fused-ring (bicyclic) bond motifs is 2. The van der Waals surface area contributed by atoms with Crippen LogP contribution in [-0.2, 0) is 10.9 Å². The summed E-state index contributed by atoms with van der Waals surface area (Å²) in [5.41, 5.74) is 3.26. The van der Waals surface area contributed by atoms with Crippen LogP contribution in [0.25, 0.3) is 31.8 Å². The van der Waals surface area contributed by atoms with Crippen molar-refractivity contribution in [2.75, 3.05) is 12.4 Å². The minimum absolute atomic E-state index is 0.0733. The fourth-order valence-corrected chi connectivity index (χ4v) is 4.88. The SMILES string of the molecule is COc1cnc2c(-c3nc4cc(F)c(O[C@@H](C)[C@@H](C)OC(=O)Nc5cnc(C(F)(F)F)nc5)cc4s3)cc(C)cc2n1. The molecule has 0 aliphatic rings. The number of hydrogen-bond donors (Lipinski definition) is 1. The summed E-state index contributed by atoms with van der Waals surface area (Å²) < 4.78 is 69.7. The third-order valence-electron chi connectivity index (χ3n) is 6.07. The van der Waals surface area contributed by atoms with Crippen LogP contribution in [0, 0.1) is 12.7 Å². The number of hydrogen-bond acceptors (Lipinski definition) is 10. The van der Waals surface area contributed by atoms with Gasteiger partial charge < -0.3 is 14.2 Å². The smallest absolute Gasteiger partial charge is 0.451 e. The molecular formula is C27H22F4N6O4S. The molecular weight excluding hydrogens is 580 g/mol. The van der Waals surface area contributed by atoms with Gasteiger partial charge in [0.1, 0.15) is 17.2 Å². The van der Waals surface area contributed by atoms with E-state index in [0.717, 1.165) is 23.5 Å². The number of aryl methyl sites for hydroxylation is 1. The first kappa shape index (κ1) is 28.9. The Labute approximate surface area is 239 Å². The number of carbonyl (C=O) groups is 1. The number of aromatic nitrogens is 5. The van der Waals surface area contributed by atoms with Crippen molar-refractivity contribution in [2.45, 2.75) is 39.2 Å². The van der Waals surface area contributed by atoms with Crippen molar-refractivity contribution in [3.8, 4) is 22.2 Å². The maximum atomic E-state index is 15.0. The summed E-state index contributed by atoms with van der Waals surface area (Å²) in [6.45, 7) is 5.02. The Bertz CT molecular complexity index is 1780. The predicted octanol–water partition coefficient (Wildman–Crippen LogP) is 6.58. The van der Waals surface area contributed by atoms with Gasteiger partial charge in [-0.2, -0.15) is 13.2 Å². The topological polar surface area (TPSA) is 121 Å². The van der Waals surface area contributed by atoms with Crippen molar-refractivity contribution in [3.63, 3.8) is 0 Å². The fourth-order valence-electron chi connectivity index (χ4n) is 3.89. The molecule has 0 unspecified atom stereocenters. The average molecular weight is 603 g/mol. The number of alkyl halides is 3. The molecule has 0 fully saturated rings. The second-order valence-electron chi connectivity index (χ2n) is 9.21. The van der Waals surface area contributed by atoms with Crippen LogP contribution < -0.4 is 14.8 Å². The predicted molar refractivity (Wildman–Crippen MR) is 146 cm³/mol. The zero-order chi connectivity index (χ0) is 30.2. The molecule has 1 amide bonds. The molecule has 0 spiro atoms. The van der Waals surface area contributed by atoms with Crippen molar-refractivity contribution in [1.29, 1.82) is 0 Å². The first-order valence-corrected chi connectivity index (χ1v) is 13.2. The van der Waals surface area contributed by atoms with Gasteiger partial charge in [-0.1, -0.05) is 0 Å². The van der Waals surface area contributed by atoms with Crippen molar-refractivity contribution in [1.82, 2.24) is 24.9 Å². The standard InChI is InChI=1S/C27H22F4N6O4S/c1-12-5-16(23-19(6-12)36-22(39-4)11-32-23)24-37-18-7-17(28)20(8-21(18)42-24)40-13(2)14(3)41-26(38)35-15-9-33-25(34-10-15)27(29,30)31/h5-11,13-14H,1-4H3,(H,35,38)/t13-,14+/m0/s1. The van der Waals surface area contributed by atoms with Crippen LogP contribution in [0.1, 0.15) is 25.2 Å². The number of rotatable bonds is 7. The molecule has 218 valence electrons. The van der Waals surface area contributed by atoms with Gasteiger partial charge >= 0.3 is 12.3 Å². The number of methoxy groups -OCH3 is 1. The number of anilines is 1. The highest BCUT2D eigenvalue weighted by Crippen LogP contribution is 2.37. The Hall–Kier alpha value is -4.66. The zero-order valence-electron chi connectivity index (χ0n) is 22.5. The van der Waals surface area contributed by atoms with Gasteiger partial charge in [-0.15, -0.1) is 11.3 Å². The van der Waals surface area contributed by atoms with Crippen LogP contribution in [0.5, 0.6) is 11.6 Å². The van der Waals surface area contributed by atoms with Crippen LogP contribution in [0.2, 0.25) is 0 Å². The van der Waals surface area contributed by atoms with Gasteiger partial charge in [0.2, 0.25) is 11.7 Å². The van der Waals surface area contributed by atoms with E-state index in [9.17, 15) is 18.0 Å². The molecule has 0 aliphatic heterocycles. The number of benzene rings is 2. The Kier molecular flexibility index (Phi) is 7.77. The second-order valence-corrected chi connectivity index (χ2v) is 10.2. The van der Waals surface area contributed by atoms with Gasteiger partial charge in [0.05, 0.1) is 52.6 Å². The van der Waals surface area contributed by atoms with E-state index in [4.69, 9.17) is 14.2 Å². The number of nitrogens with zero attached hydrogens (tertiary/aromatic N) is 5. The Balaban J connectivity index is 1.30. The van der Waals surface area contributed by atoms with E-state index in [1.54, 1.807) is 6.92 Å². The molecule has 1 N–H and O–H groups in total.